The molecule has 0 spiro atoms. The van der Waals surface area contributed by atoms with E-state index in [1.165, 1.54) is 35.0 Å². The van der Waals surface area contributed by atoms with E-state index in [2.05, 4.69) is 0 Å². The third-order valence-electron chi connectivity index (χ3n) is 12.4. The van der Waals surface area contributed by atoms with Gasteiger partial charge in [-0.25, -0.2) is 0 Å². The van der Waals surface area contributed by atoms with Crippen molar-refractivity contribution >= 4 is 11.8 Å². The zero-order valence-corrected chi connectivity index (χ0v) is 34.2. The molecule has 0 saturated carbocycles. The van der Waals surface area contributed by atoms with Gasteiger partial charge in [0.15, 0.2) is 12.6 Å². The van der Waals surface area contributed by atoms with Crippen molar-refractivity contribution in [3.8, 4) is 0 Å². The summed E-state index contributed by atoms with van der Waals surface area (Å²) >= 11 is 0. The second-order valence-corrected chi connectivity index (χ2v) is 16.7. The average molecular weight is 764 g/mol. The van der Waals surface area contributed by atoms with Crippen LogP contribution in [0.4, 0.5) is 0 Å². The molecule has 0 aromatic rings. The minimum absolute atomic E-state index is 0.0578. The highest BCUT2D eigenvalue weighted by atomic mass is 16.7. The summed E-state index contributed by atoms with van der Waals surface area (Å²) in [5.41, 5.74) is -4.85. The monoisotopic (exact) mass is 763 g/mol. The Morgan fingerprint density at radius 1 is 0.830 bits per heavy atom. The first-order chi connectivity index (χ1) is 24.4. The van der Waals surface area contributed by atoms with E-state index in [1.54, 1.807) is 41.5 Å². The lowest BCUT2D eigenvalue weighted by molar-refractivity contribution is -0.347. The van der Waals surface area contributed by atoms with E-state index in [0.29, 0.717) is 6.42 Å². The van der Waals surface area contributed by atoms with E-state index < -0.39 is 108 Å². The number of carbonyl (C=O) groups excluding carboxylic acids is 2. The number of ketones is 1. The highest BCUT2D eigenvalue weighted by molar-refractivity contribution is 5.83. The summed E-state index contributed by atoms with van der Waals surface area (Å²) in [5, 5.41) is 57.1. The smallest absolute Gasteiger partial charge is 0.311 e. The van der Waals surface area contributed by atoms with Gasteiger partial charge >= 0.3 is 5.97 Å². The highest BCUT2D eigenvalue weighted by Gasteiger charge is 2.56. The molecule has 53 heavy (non-hydrogen) atoms. The Kier molecular flexibility index (Phi) is 15.5. The molecule has 0 bridgehead atoms. The van der Waals surface area contributed by atoms with Gasteiger partial charge in [0, 0.05) is 38.0 Å². The molecule has 5 N–H and O–H groups in total. The molecular weight excluding hydrogens is 694 g/mol. The van der Waals surface area contributed by atoms with Crippen molar-refractivity contribution in [2.45, 2.75) is 179 Å². The molecule has 3 saturated heterocycles. The van der Waals surface area contributed by atoms with Crippen molar-refractivity contribution in [3.05, 3.63) is 0 Å². The second kappa shape index (κ2) is 17.9. The van der Waals surface area contributed by atoms with Gasteiger partial charge < -0.3 is 63.6 Å². The zero-order chi connectivity index (χ0) is 40.5. The first-order valence-corrected chi connectivity index (χ1v) is 19.0. The van der Waals surface area contributed by atoms with Gasteiger partial charge in [-0.1, -0.05) is 27.7 Å². The number of likely N-dealkylation sites (N-methyl/N-ethyl adjacent to an activating group) is 1. The number of esters is 1. The minimum atomic E-state index is -2.01. The fraction of sp³-hybridized carbons (Fsp3) is 0.947. The first-order valence-electron chi connectivity index (χ1n) is 19.0. The van der Waals surface area contributed by atoms with Crippen LogP contribution in [0.3, 0.4) is 0 Å². The van der Waals surface area contributed by atoms with Crippen LogP contribution in [0.5, 0.6) is 0 Å². The molecular formula is C38H69NO14. The molecule has 0 aliphatic carbocycles. The summed E-state index contributed by atoms with van der Waals surface area (Å²) in [7, 11) is 6.53. The van der Waals surface area contributed by atoms with E-state index in [4.69, 9.17) is 33.2 Å². The van der Waals surface area contributed by atoms with E-state index >= 15 is 0 Å². The number of methoxy groups -OCH3 is 2. The Labute approximate surface area is 315 Å². The fourth-order valence-electron chi connectivity index (χ4n) is 8.59. The van der Waals surface area contributed by atoms with Crippen molar-refractivity contribution in [2.75, 3.05) is 28.3 Å². The van der Waals surface area contributed by atoms with Crippen LogP contribution in [0.1, 0.15) is 88.5 Å². The number of Topliss-reactive ketones (excluding diaryl/α,β-unsaturated/α-hetero) is 1. The van der Waals surface area contributed by atoms with E-state index in [0.717, 1.165) is 0 Å². The van der Waals surface area contributed by atoms with Crippen LogP contribution in [0.25, 0.3) is 0 Å². The zero-order valence-electron chi connectivity index (χ0n) is 34.2. The standard InChI is InChI=1S/C38H69NO14/c1-15-25-37(9,46)29(42)20(4)26(40)18(2)17-36(8,47-13)32(53-34-27(41)24(39(11)12)16-19(3)49-34)21(5)28(22(6)33(45)51-25)52-35-31(44)38(10,48-14)30(43)23(7)50-35/h18-25,27-32,34-35,41-44,46H,15-17H2,1-14H3/t18-,19-,20+,21+,22-,23+,24+,25-,27-,28+,29-,30+,31?,32-,34+,35+,36-,37-,38+/m1/s1. The maximum atomic E-state index is 14.2. The lowest BCUT2D eigenvalue weighted by Crippen LogP contribution is -2.66. The third kappa shape index (κ3) is 9.29. The average Bonchev–Trinajstić information content (AvgIpc) is 3.11. The van der Waals surface area contributed by atoms with Gasteiger partial charge in [-0.05, 0) is 74.9 Å². The molecule has 3 heterocycles. The Bertz CT molecular complexity index is 1220. The predicted octanol–water partition coefficient (Wildman–Crippen LogP) is 1.41. The van der Waals surface area contributed by atoms with Crippen molar-refractivity contribution in [3.63, 3.8) is 0 Å². The number of cyclic esters (lactones) is 1. The molecule has 0 radical (unpaired) electrons. The van der Waals surface area contributed by atoms with Crippen LogP contribution in [0.15, 0.2) is 0 Å². The van der Waals surface area contributed by atoms with Crippen molar-refractivity contribution in [1.29, 1.82) is 0 Å². The number of aliphatic hydroxyl groups excluding tert-OH is 4. The topological polar surface area (TPSA) is 203 Å². The number of carbonyl (C=O) groups is 2. The Morgan fingerprint density at radius 2 is 1.43 bits per heavy atom. The highest BCUT2D eigenvalue weighted by Crippen LogP contribution is 2.42. The van der Waals surface area contributed by atoms with Crippen LogP contribution in [0, 0.1) is 23.7 Å². The number of ether oxygens (including phenoxy) is 7. The summed E-state index contributed by atoms with van der Waals surface area (Å²) in [5.74, 6) is -4.91. The molecule has 15 heteroatoms. The van der Waals surface area contributed by atoms with Gasteiger partial charge in [-0.2, -0.15) is 0 Å². The van der Waals surface area contributed by atoms with Crippen LogP contribution in [-0.4, -0.2) is 161 Å². The molecule has 0 amide bonds. The van der Waals surface area contributed by atoms with Crippen molar-refractivity contribution in [2.24, 2.45) is 23.7 Å². The Balaban J connectivity index is 2.25. The number of aliphatic hydroxyl groups is 5. The Hall–Kier alpha value is -1.34. The number of rotatable bonds is 8. The summed E-state index contributed by atoms with van der Waals surface area (Å²) in [6.45, 7) is 16.4. The van der Waals surface area contributed by atoms with Crippen LogP contribution in [0.2, 0.25) is 0 Å². The Morgan fingerprint density at radius 3 is 1.96 bits per heavy atom. The molecule has 15 nitrogen and oxygen atoms in total. The predicted molar refractivity (Wildman–Crippen MR) is 192 cm³/mol. The maximum Gasteiger partial charge on any atom is 0.311 e. The van der Waals surface area contributed by atoms with Crippen LogP contribution in [-0.2, 0) is 42.7 Å². The molecule has 0 aromatic carbocycles. The normalized spacial score (nSPS) is 49.7. The summed E-state index contributed by atoms with van der Waals surface area (Å²) in [6, 6.07) is -0.320. The van der Waals surface area contributed by atoms with Gasteiger partial charge in [0.25, 0.3) is 0 Å². The largest absolute Gasteiger partial charge is 0.459 e. The van der Waals surface area contributed by atoms with Gasteiger partial charge in [0.1, 0.15) is 41.4 Å². The van der Waals surface area contributed by atoms with Crippen LogP contribution >= 0.6 is 0 Å². The van der Waals surface area contributed by atoms with Crippen LogP contribution < -0.4 is 0 Å². The molecule has 310 valence electrons. The third-order valence-corrected chi connectivity index (χ3v) is 12.4. The second-order valence-electron chi connectivity index (χ2n) is 16.7. The van der Waals surface area contributed by atoms with Gasteiger partial charge in [0.05, 0.1) is 42.0 Å². The van der Waals surface area contributed by atoms with Crippen molar-refractivity contribution < 1.29 is 68.3 Å². The molecule has 0 aromatic heterocycles. The lowest BCUT2D eigenvalue weighted by atomic mass is 9.73. The van der Waals surface area contributed by atoms with Gasteiger partial charge in [-0.3, -0.25) is 9.59 Å². The van der Waals surface area contributed by atoms with E-state index in [1.807, 2.05) is 25.9 Å². The summed E-state index contributed by atoms with van der Waals surface area (Å²) in [4.78, 5) is 30.1. The lowest BCUT2D eigenvalue weighted by Gasteiger charge is -2.51. The minimum Gasteiger partial charge on any atom is -0.459 e. The fourth-order valence-corrected chi connectivity index (χ4v) is 8.59. The van der Waals surface area contributed by atoms with Gasteiger partial charge in [0.2, 0.25) is 0 Å². The summed E-state index contributed by atoms with van der Waals surface area (Å²) in [6.07, 6.45) is -11.9. The molecule has 3 aliphatic rings. The van der Waals surface area contributed by atoms with E-state index in [9.17, 15) is 35.1 Å². The number of hydrogen-bond acceptors (Lipinski definition) is 15. The number of nitrogens with zero attached hydrogens (tertiary/aromatic N) is 1. The molecule has 3 aliphatic heterocycles. The quantitative estimate of drug-likeness (QED) is 0.222. The molecule has 19 atom stereocenters. The number of hydrogen-bond donors (Lipinski definition) is 5. The van der Waals surface area contributed by atoms with Crippen molar-refractivity contribution in [1.82, 2.24) is 4.90 Å². The maximum absolute atomic E-state index is 14.2. The molecule has 3 fully saturated rings. The van der Waals surface area contributed by atoms with Gasteiger partial charge in [-0.15, -0.1) is 0 Å². The first kappa shape index (κ1) is 46.0. The molecule has 3 rings (SSSR count). The molecule has 1 unspecified atom stereocenters. The SMILES string of the molecule is CC[C@H]1OC(=O)[C@H](C)[C@@H](O[C@@H]2O[C@@H](C)[C@H](O)[C@](C)(OC)C2O)[C@H](C)[C@@H](O[C@@H]2O[C@H](C)C[C@H](N(C)C)[C@H]2O)[C@](C)(OC)C[C@@H](C)C(=O)[C@H](C)[C@@H](O)[C@]1(C)O. The van der Waals surface area contributed by atoms with E-state index in [-0.39, 0.29) is 30.8 Å². The summed E-state index contributed by atoms with van der Waals surface area (Å²) < 4.78 is 43.3.